The molecule has 2 heteroatoms. The van der Waals surface area contributed by atoms with E-state index in [1.165, 1.54) is 68.6 Å². The van der Waals surface area contributed by atoms with E-state index in [1.54, 1.807) is 0 Å². The lowest BCUT2D eigenvalue weighted by atomic mass is 9.84. The molecule has 2 nitrogen and oxygen atoms in total. The van der Waals surface area contributed by atoms with Crippen molar-refractivity contribution in [2.45, 2.75) is 71.1 Å². The van der Waals surface area contributed by atoms with Crippen LogP contribution in [0.4, 0.5) is 0 Å². The maximum Gasteiger partial charge on any atom is 0.106 e. The molecule has 2 aliphatic carbocycles. The molecular weight excluding hydrogens is 220 g/mol. The van der Waals surface area contributed by atoms with Crippen molar-refractivity contribution in [1.29, 1.82) is 0 Å². The number of aromatic amines is 1. The molecule has 100 valence electrons. The van der Waals surface area contributed by atoms with Gasteiger partial charge in [-0.2, -0.15) is 0 Å². The van der Waals surface area contributed by atoms with Crippen molar-refractivity contribution >= 4 is 0 Å². The summed E-state index contributed by atoms with van der Waals surface area (Å²) in [5.74, 6) is 3.63. The second kappa shape index (κ2) is 5.07. The molecule has 0 saturated heterocycles. The second-order valence-electron chi connectivity index (χ2n) is 6.70. The minimum Gasteiger partial charge on any atom is -0.346 e. The van der Waals surface area contributed by atoms with Crippen molar-refractivity contribution < 1.29 is 0 Å². The van der Waals surface area contributed by atoms with Crippen LogP contribution in [0.2, 0.25) is 0 Å². The predicted molar refractivity (Wildman–Crippen MR) is 74.8 cm³/mol. The highest BCUT2D eigenvalue weighted by Crippen LogP contribution is 2.34. The van der Waals surface area contributed by atoms with E-state index >= 15 is 0 Å². The number of nitrogens with zero attached hydrogens (tertiary/aromatic N) is 1. The summed E-state index contributed by atoms with van der Waals surface area (Å²) >= 11 is 0. The van der Waals surface area contributed by atoms with Crippen molar-refractivity contribution in [3.63, 3.8) is 0 Å². The highest BCUT2D eigenvalue weighted by molar-refractivity contribution is 5.22. The number of fused-ring (bicyclic) bond motifs is 1. The fraction of sp³-hybridized carbons (Fsp3) is 0.812. The van der Waals surface area contributed by atoms with Crippen molar-refractivity contribution in [3.8, 4) is 0 Å². The molecule has 1 aromatic rings. The molecule has 1 saturated carbocycles. The third-order valence-electron chi connectivity index (χ3n) is 4.84. The minimum atomic E-state index is 0.653. The number of nitrogens with one attached hydrogen (secondary N) is 1. The number of hydrogen-bond acceptors (Lipinski definition) is 1. The summed E-state index contributed by atoms with van der Waals surface area (Å²) in [7, 11) is 0. The van der Waals surface area contributed by atoms with Gasteiger partial charge >= 0.3 is 0 Å². The van der Waals surface area contributed by atoms with Gasteiger partial charge in [0.15, 0.2) is 0 Å². The average molecular weight is 246 g/mol. The van der Waals surface area contributed by atoms with E-state index in [2.05, 4.69) is 18.8 Å². The number of hydrogen-bond donors (Lipinski definition) is 1. The molecule has 0 radical (unpaired) electrons. The van der Waals surface area contributed by atoms with Gasteiger partial charge in [0.05, 0.1) is 5.69 Å². The SMILES string of the molecule is CC1Cc2[nH]c(CC3CCCCC3)nc2C(C)C1. The Hall–Kier alpha value is -0.790. The van der Waals surface area contributed by atoms with Crippen LogP contribution in [0.3, 0.4) is 0 Å². The van der Waals surface area contributed by atoms with Gasteiger partial charge in [-0.3, -0.25) is 0 Å². The van der Waals surface area contributed by atoms with Crippen molar-refractivity contribution in [1.82, 2.24) is 9.97 Å². The Labute approximate surface area is 111 Å². The average Bonchev–Trinajstić information content (AvgIpc) is 2.73. The Morgan fingerprint density at radius 3 is 2.72 bits per heavy atom. The molecule has 0 aliphatic heterocycles. The quantitative estimate of drug-likeness (QED) is 0.831. The largest absolute Gasteiger partial charge is 0.346 e. The van der Waals surface area contributed by atoms with Gasteiger partial charge in [-0.1, -0.05) is 46.0 Å². The molecule has 1 fully saturated rings. The van der Waals surface area contributed by atoms with Gasteiger partial charge in [0.2, 0.25) is 0 Å². The van der Waals surface area contributed by atoms with Crippen LogP contribution in [0.15, 0.2) is 0 Å². The Morgan fingerprint density at radius 1 is 1.17 bits per heavy atom. The summed E-state index contributed by atoms with van der Waals surface area (Å²) in [5, 5.41) is 0. The number of H-pyrrole nitrogens is 1. The van der Waals surface area contributed by atoms with Crippen LogP contribution in [0.1, 0.15) is 75.5 Å². The van der Waals surface area contributed by atoms with Gasteiger partial charge in [-0.15, -0.1) is 0 Å². The lowest BCUT2D eigenvalue weighted by Gasteiger charge is -2.22. The molecule has 3 rings (SSSR count). The molecule has 1 heterocycles. The van der Waals surface area contributed by atoms with Gasteiger partial charge in [0.1, 0.15) is 5.82 Å². The van der Waals surface area contributed by atoms with Crippen LogP contribution in [0.25, 0.3) is 0 Å². The summed E-state index contributed by atoms with van der Waals surface area (Å²) in [6, 6.07) is 0. The number of aromatic nitrogens is 2. The lowest BCUT2D eigenvalue weighted by Crippen LogP contribution is -2.14. The van der Waals surface area contributed by atoms with Gasteiger partial charge in [0, 0.05) is 18.0 Å². The van der Waals surface area contributed by atoms with E-state index in [0.29, 0.717) is 5.92 Å². The second-order valence-corrected chi connectivity index (χ2v) is 6.70. The summed E-state index contributed by atoms with van der Waals surface area (Å²) in [5.41, 5.74) is 2.81. The zero-order chi connectivity index (χ0) is 12.5. The zero-order valence-corrected chi connectivity index (χ0v) is 11.8. The molecule has 0 bridgehead atoms. The normalized spacial score (nSPS) is 29.2. The van der Waals surface area contributed by atoms with Gasteiger partial charge < -0.3 is 4.98 Å². The number of rotatable bonds is 2. The van der Waals surface area contributed by atoms with Gasteiger partial charge in [-0.25, -0.2) is 4.98 Å². The van der Waals surface area contributed by atoms with Crippen molar-refractivity contribution in [2.24, 2.45) is 11.8 Å². The first-order valence-corrected chi connectivity index (χ1v) is 7.80. The molecule has 2 unspecified atom stereocenters. The molecule has 18 heavy (non-hydrogen) atoms. The Balaban J connectivity index is 1.72. The highest BCUT2D eigenvalue weighted by atomic mass is 14.9. The fourth-order valence-corrected chi connectivity index (χ4v) is 3.95. The summed E-state index contributed by atoms with van der Waals surface area (Å²) in [4.78, 5) is 8.54. The fourth-order valence-electron chi connectivity index (χ4n) is 3.95. The molecule has 1 aromatic heterocycles. The van der Waals surface area contributed by atoms with Crippen molar-refractivity contribution in [3.05, 3.63) is 17.2 Å². The van der Waals surface area contributed by atoms with E-state index in [4.69, 9.17) is 4.98 Å². The van der Waals surface area contributed by atoms with Crippen molar-refractivity contribution in [2.75, 3.05) is 0 Å². The molecule has 0 amide bonds. The topological polar surface area (TPSA) is 28.7 Å². The molecule has 1 N–H and O–H groups in total. The Bertz CT molecular complexity index is 401. The highest BCUT2D eigenvalue weighted by Gasteiger charge is 2.26. The van der Waals surface area contributed by atoms with Crippen LogP contribution >= 0.6 is 0 Å². The zero-order valence-electron chi connectivity index (χ0n) is 11.8. The predicted octanol–water partition coefficient (Wildman–Crippen LogP) is 4.22. The van der Waals surface area contributed by atoms with Crippen LogP contribution in [-0.4, -0.2) is 9.97 Å². The smallest absolute Gasteiger partial charge is 0.106 e. The van der Waals surface area contributed by atoms with Crippen LogP contribution in [-0.2, 0) is 12.8 Å². The first kappa shape index (κ1) is 12.3. The molecule has 0 aromatic carbocycles. The van der Waals surface area contributed by atoms with E-state index in [1.807, 2.05) is 0 Å². The third-order valence-corrected chi connectivity index (χ3v) is 4.84. The molecular formula is C16H26N2. The van der Waals surface area contributed by atoms with E-state index < -0.39 is 0 Å². The first-order chi connectivity index (χ1) is 8.72. The summed E-state index contributed by atoms with van der Waals surface area (Å²) in [6.07, 6.45) is 10.8. The first-order valence-electron chi connectivity index (χ1n) is 7.80. The van der Waals surface area contributed by atoms with Crippen LogP contribution in [0.5, 0.6) is 0 Å². The molecule has 2 aliphatic rings. The summed E-state index contributed by atoms with van der Waals surface area (Å²) in [6.45, 7) is 4.70. The van der Waals surface area contributed by atoms with Crippen LogP contribution in [0, 0.1) is 11.8 Å². The van der Waals surface area contributed by atoms with Gasteiger partial charge in [0.25, 0.3) is 0 Å². The maximum atomic E-state index is 4.90. The monoisotopic (exact) mass is 246 g/mol. The van der Waals surface area contributed by atoms with E-state index in [9.17, 15) is 0 Å². The van der Waals surface area contributed by atoms with E-state index in [-0.39, 0.29) is 0 Å². The molecule has 0 spiro atoms. The minimum absolute atomic E-state index is 0.653. The molecule has 2 atom stereocenters. The summed E-state index contributed by atoms with van der Waals surface area (Å²) < 4.78 is 0. The van der Waals surface area contributed by atoms with E-state index in [0.717, 1.165) is 11.8 Å². The lowest BCUT2D eigenvalue weighted by molar-refractivity contribution is 0.352. The third kappa shape index (κ3) is 2.48. The Morgan fingerprint density at radius 2 is 1.94 bits per heavy atom. The Kier molecular flexibility index (Phi) is 3.45. The standard InChI is InChI=1S/C16H26N2/c1-11-8-12(2)16-14(9-11)17-15(18-16)10-13-6-4-3-5-7-13/h11-13H,3-10H2,1-2H3,(H,17,18). The van der Waals surface area contributed by atoms with Crippen LogP contribution < -0.4 is 0 Å². The maximum absolute atomic E-state index is 4.90. The number of imidazole rings is 1. The van der Waals surface area contributed by atoms with Gasteiger partial charge in [-0.05, 0) is 24.7 Å².